The molecule has 0 aromatic heterocycles. The largest absolute Gasteiger partial charge is 0.507 e. The Morgan fingerprint density at radius 2 is 1.60 bits per heavy atom. The SMILES string of the molecule is CCCCNOC(=O)CCc1cc(C(C)(C)C)c(O)c(C(C)(C)C)c1. The number of unbranched alkanes of at least 4 members (excludes halogenated alkanes) is 1. The number of hydrogen-bond donors (Lipinski definition) is 2. The van der Waals surface area contributed by atoms with E-state index in [-0.39, 0.29) is 16.8 Å². The summed E-state index contributed by atoms with van der Waals surface area (Å²) in [6.07, 6.45) is 2.95. The first-order valence-corrected chi connectivity index (χ1v) is 9.26. The molecule has 1 aromatic carbocycles. The summed E-state index contributed by atoms with van der Waals surface area (Å²) in [6.45, 7) is 15.3. The molecule has 0 saturated carbocycles. The van der Waals surface area contributed by atoms with E-state index in [0.29, 0.717) is 25.1 Å². The molecule has 0 radical (unpaired) electrons. The van der Waals surface area contributed by atoms with Crippen LogP contribution in [0.2, 0.25) is 0 Å². The third-order valence-electron chi connectivity index (χ3n) is 4.22. The van der Waals surface area contributed by atoms with Gasteiger partial charge in [-0.15, -0.1) is 0 Å². The highest BCUT2D eigenvalue weighted by molar-refractivity contribution is 5.69. The zero-order chi connectivity index (χ0) is 19.3. The second kappa shape index (κ2) is 8.70. The van der Waals surface area contributed by atoms with Crippen LogP contribution in [0.3, 0.4) is 0 Å². The van der Waals surface area contributed by atoms with Crippen LogP contribution in [-0.2, 0) is 26.9 Å². The van der Waals surface area contributed by atoms with Crippen LogP contribution >= 0.6 is 0 Å². The third-order valence-corrected chi connectivity index (χ3v) is 4.22. The normalized spacial score (nSPS) is 12.3. The van der Waals surface area contributed by atoms with Crippen LogP contribution in [-0.4, -0.2) is 17.6 Å². The Hall–Kier alpha value is -1.55. The second-order valence-corrected chi connectivity index (χ2v) is 8.76. The predicted octanol–water partition coefficient (Wildman–Crippen LogP) is 4.77. The molecular formula is C21H35NO3. The van der Waals surface area contributed by atoms with Crippen molar-refractivity contribution in [1.29, 1.82) is 0 Å². The minimum atomic E-state index is -0.251. The van der Waals surface area contributed by atoms with Gasteiger partial charge < -0.3 is 9.94 Å². The topological polar surface area (TPSA) is 58.6 Å². The van der Waals surface area contributed by atoms with Crippen LogP contribution in [0.25, 0.3) is 0 Å². The third kappa shape index (κ3) is 6.69. The van der Waals surface area contributed by atoms with Crippen LogP contribution in [0, 0.1) is 0 Å². The van der Waals surface area contributed by atoms with Gasteiger partial charge in [-0.25, -0.2) is 0 Å². The van der Waals surface area contributed by atoms with E-state index >= 15 is 0 Å². The molecule has 0 bridgehead atoms. The lowest BCUT2D eigenvalue weighted by Crippen LogP contribution is -2.21. The van der Waals surface area contributed by atoms with Crippen molar-refractivity contribution in [2.24, 2.45) is 0 Å². The fraction of sp³-hybridized carbons (Fsp3) is 0.667. The standard InChI is InChI=1S/C21H35NO3/c1-8-9-12-22-25-18(23)11-10-15-13-16(20(2,3)4)19(24)17(14-15)21(5,6)7/h13-14,22,24H,8-12H2,1-7H3. The molecule has 4 nitrogen and oxygen atoms in total. The van der Waals surface area contributed by atoms with Crippen LogP contribution in [0.1, 0.15) is 84.4 Å². The highest BCUT2D eigenvalue weighted by atomic mass is 16.7. The fourth-order valence-electron chi connectivity index (χ4n) is 2.66. The summed E-state index contributed by atoms with van der Waals surface area (Å²) in [5.41, 5.74) is 5.28. The van der Waals surface area contributed by atoms with Gasteiger partial charge in [-0.3, -0.25) is 4.79 Å². The summed E-state index contributed by atoms with van der Waals surface area (Å²) in [6, 6.07) is 4.03. The smallest absolute Gasteiger partial charge is 0.325 e. The Balaban J connectivity index is 2.91. The molecule has 0 aliphatic rings. The molecule has 0 heterocycles. The van der Waals surface area contributed by atoms with Gasteiger partial charge in [-0.05, 0) is 40.4 Å². The Morgan fingerprint density at radius 3 is 2.04 bits per heavy atom. The van der Waals surface area contributed by atoms with Crippen molar-refractivity contribution in [3.8, 4) is 5.75 Å². The maximum atomic E-state index is 11.9. The van der Waals surface area contributed by atoms with Crippen molar-refractivity contribution >= 4 is 5.97 Å². The van der Waals surface area contributed by atoms with Gasteiger partial charge in [0.2, 0.25) is 0 Å². The first-order valence-electron chi connectivity index (χ1n) is 9.26. The number of hydroxylamine groups is 1. The maximum Gasteiger partial charge on any atom is 0.325 e. The molecule has 0 amide bonds. The lowest BCUT2D eigenvalue weighted by atomic mass is 9.78. The minimum absolute atomic E-state index is 0.164. The van der Waals surface area contributed by atoms with Crippen LogP contribution in [0.4, 0.5) is 0 Å². The zero-order valence-electron chi connectivity index (χ0n) is 17.0. The van der Waals surface area contributed by atoms with Crippen LogP contribution < -0.4 is 5.48 Å². The van der Waals surface area contributed by atoms with E-state index in [1.807, 2.05) is 12.1 Å². The quantitative estimate of drug-likeness (QED) is 0.550. The molecule has 0 spiro atoms. The first kappa shape index (κ1) is 21.5. The molecule has 0 fully saturated rings. The molecule has 2 N–H and O–H groups in total. The molecule has 25 heavy (non-hydrogen) atoms. The number of benzene rings is 1. The summed E-state index contributed by atoms with van der Waals surface area (Å²) in [7, 11) is 0. The number of hydrogen-bond acceptors (Lipinski definition) is 4. The lowest BCUT2D eigenvalue weighted by molar-refractivity contribution is -0.151. The predicted molar refractivity (Wildman–Crippen MR) is 103 cm³/mol. The molecule has 4 heteroatoms. The van der Waals surface area contributed by atoms with Crippen molar-refractivity contribution in [1.82, 2.24) is 5.48 Å². The summed E-state index contributed by atoms with van der Waals surface area (Å²) >= 11 is 0. The first-order chi connectivity index (χ1) is 11.5. The lowest BCUT2D eigenvalue weighted by Gasteiger charge is -2.28. The van der Waals surface area contributed by atoms with Crippen molar-refractivity contribution in [2.75, 3.05) is 6.54 Å². The molecule has 142 valence electrons. The monoisotopic (exact) mass is 349 g/mol. The highest BCUT2D eigenvalue weighted by Gasteiger charge is 2.26. The summed E-state index contributed by atoms with van der Waals surface area (Å²) in [4.78, 5) is 16.9. The van der Waals surface area contributed by atoms with Gasteiger partial charge in [-0.2, -0.15) is 5.48 Å². The van der Waals surface area contributed by atoms with Crippen molar-refractivity contribution in [3.63, 3.8) is 0 Å². The second-order valence-electron chi connectivity index (χ2n) is 8.76. The molecule has 0 atom stereocenters. The van der Waals surface area contributed by atoms with Crippen molar-refractivity contribution in [3.05, 3.63) is 28.8 Å². The van der Waals surface area contributed by atoms with Gasteiger partial charge in [-0.1, -0.05) is 67.0 Å². The zero-order valence-corrected chi connectivity index (χ0v) is 17.0. The number of nitrogens with one attached hydrogen (secondary N) is 1. The average molecular weight is 350 g/mol. The van der Waals surface area contributed by atoms with E-state index < -0.39 is 0 Å². The van der Waals surface area contributed by atoms with Crippen molar-refractivity contribution < 1.29 is 14.7 Å². The molecule has 0 aliphatic carbocycles. The number of phenols is 1. The summed E-state index contributed by atoms with van der Waals surface area (Å²) < 4.78 is 0. The van der Waals surface area contributed by atoms with Gasteiger partial charge in [0.15, 0.2) is 0 Å². The molecule has 1 rings (SSSR count). The van der Waals surface area contributed by atoms with E-state index in [1.54, 1.807) is 0 Å². The molecule has 0 unspecified atom stereocenters. The molecular weight excluding hydrogens is 314 g/mol. The summed E-state index contributed by atoms with van der Waals surface area (Å²) in [5.74, 6) is 0.117. The van der Waals surface area contributed by atoms with E-state index in [4.69, 9.17) is 4.84 Å². The maximum absolute atomic E-state index is 11.9. The van der Waals surface area contributed by atoms with Gasteiger partial charge >= 0.3 is 5.97 Å². The number of aromatic hydroxyl groups is 1. The summed E-state index contributed by atoms with van der Waals surface area (Å²) in [5, 5.41) is 10.7. The van der Waals surface area contributed by atoms with Gasteiger partial charge in [0.1, 0.15) is 5.75 Å². The fourth-order valence-corrected chi connectivity index (χ4v) is 2.66. The number of carbonyl (C=O) groups excluding carboxylic acids is 1. The Bertz CT molecular complexity index is 545. The minimum Gasteiger partial charge on any atom is -0.507 e. The highest BCUT2D eigenvalue weighted by Crippen LogP contribution is 2.39. The number of aryl methyl sites for hydroxylation is 1. The molecule has 1 aromatic rings. The number of rotatable bonds is 7. The molecule has 0 aliphatic heterocycles. The van der Waals surface area contributed by atoms with Crippen LogP contribution in [0.5, 0.6) is 5.75 Å². The van der Waals surface area contributed by atoms with Gasteiger partial charge in [0.25, 0.3) is 0 Å². The van der Waals surface area contributed by atoms with Gasteiger partial charge in [0, 0.05) is 6.54 Å². The van der Waals surface area contributed by atoms with E-state index in [0.717, 1.165) is 29.5 Å². The van der Waals surface area contributed by atoms with E-state index in [1.165, 1.54) is 0 Å². The number of phenolic OH excluding ortho intramolecular Hbond substituents is 1. The Morgan fingerprint density at radius 1 is 1.08 bits per heavy atom. The Kier molecular flexibility index (Phi) is 7.48. The van der Waals surface area contributed by atoms with Gasteiger partial charge in [0.05, 0.1) is 6.42 Å². The Labute approximate surface area is 152 Å². The van der Waals surface area contributed by atoms with Crippen LogP contribution in [0.15, 0.2) is 12.1 Å². The average Bonchev–Trinajstić information content (AvgIpc) is 2.48. The van der Waals surface area contributed by atoms with E-state index in [9.17, 15) is 9.90 Å². The van der Waals surface area contributed by atoms with E-state index in [2.05, 4.69) is 53.9 Å². The number of carbonyl (C=O) groups is 1. The molecule has 0 saturated heterocycles. The van der Waals surface area contributed by atoms with Crippen molar-refractivity contribution in [2.45, 2.75) is 85.0 Å².